The number of hydrogen-bond donors (Lipinski definition) is 1. The summed E-state index contributed by atoms with van der Waals surface area (Å²) in [6.07, 6.45) is 5.10. The Kier molecular flexibility index (Phi) is 4.76. The van der Waals surface area contributed by atoms with Crippen LogP contribution in [0.25, 0.3) is 0 Å². The lowest BCUT2D eigenvalue weighted by Crippen LogP contribution is -2.57. The topological polar surface area (TPSA) is 15.3 Å². The van der Waals surface area contributed by atoms with E-state index in [0.29, 0.717) is 12.0 Å². The number of likely N-dealkylation sites (N-methyl/N-ethyl adjacent to an activating group) is 2. The lowest BCUT2D eigenvalue weighted by atomic mass is 9.83. The van der Waals surface area contributed by atoms with Crippen LogP contribution < -0.4 is 5.32 Å². The van der Waals surface area contributed by atoms with Crippen molar-refractivity contribution in [1.82, 2.24) is 10.2 Å². The van der Waals surface area contributed by atoms with Crippen LogP contribution in [0.4, 0.5) is 8.78 Å². The Bertz CT molecular complexity index is 454. The summed E-state index contributed by atoms with van der Waals surface area (Å²) in [5.41, 5.74) is 0.491. The molecular formula is C16H24F2N2. The fourth-order valence-corrected chi connectivity index (χ4v) is 3.57. The molecule has 1 saturated carbocycles. The van der Waals surface area contributed by atoms with Gasteiger partial charge in [0.2, 0.25) is 0 Å². The zero-order chi connectivity index (χ0) is 14.8. The normalized spacial score (nSPS) is 19.5. The van der Waals surface area contributed by atoms with Gasteiger partial charge in [-0.25, -0.2) is 8.78 Å². The smallest absolute Gasteiger partial charge is 0.126 e. The van der Waals surface area contributed by atoms with Crippen LogP contribution in [0.15, 0.2) is 18.2 Å². The van der Waals surface area contributed by atoms with Crippen LogP contribution in [0.5, 0.6) is 0 Å². The van der Waals surface area contributed by atoms with Crippen LogP contribution in [-0.2, 0) is 6.42 Å². The first-order chi connectivity index (χ1) is 9.49. The molecule has 1 aromatic carbocycles. The van der Waals surface area contributed by atoms with Crippen molar-refractivity contribution in [2.45, 2.75) is 43.7 Å². The molecule has 0 aromatic heterocycles. The van der Waals surface area contributed by atoms with Gasteiger partial charge in [-0.1, -0.05) is 12.8 Å². The van der Waals surface area contributed by atoms with Gasteiger partial charge < -0.3 is 10.2 Å². The summed E-state index contributed by atoms with van der Waals surface area (Å²) in [5, 5.41) is 3.33. The van der Waals surface area contributed by atoms with Crippen molar-refractivity contribution in [1.29, 1.82) is 0 Å². The Hall–Kier alpha value is -1.00. The number of benzene rings is 1. The van der Waals surface area contributed by atoms with Crippen molar-refractivity contribution in [3.05, 3.63) is 35.4 Å². The highest BCUT2D eigenvalue weighted by molar-refractivity contribution is 5.21. The van der Waals surface area contributed by atoms with Gasteiger partial charge in [-0.2, -0.15) is 0 Å². The molecular weight excluding hydrogens is 258 g/mol. The van der Waals surface area contributed by atoms with Gasteiger partial charge in [0.05, 0.1) is 0 Å². The first-order valence-corrected chi connectivity index (χ1v) is 7.28. The van der Waals surface area contributed by atoms with E-state index in [1.165, 1.54) is 31.0 Å². The summed E-state index contributed by atoms with van der Waals surface area (Å²) < 4.78 is 27.2. The highest BCUT2D eigenvalue weighted by atomic mass is 19.1. The Labute approximate surface area is 120 Å². The standard InChI is InChI=1S/C16H24F2N2/c1-19-15(16(20(2)3)8-4-5-9-16)11-12-10-13(17)6-7-14(12)18/h6-7,10,15,19H,4-5,8-9,11H2,1-3H3. The van der Waals surface area contributed by atoms with Gasteiger partial charge in [0.15, 0.2) is 0 Å². The third-order valence-corrected chi connectivity index (χ3v) is 4.79. The fourth-order valence-electron chi connectivity index (χ4n) is 3.57. The summed E-state index contributed by atoms with van der Waals surface area (Å²) >= 11 is 0. The van der Waals surface area contributed by atoms with Gasteiger partial charge in [0, 0.05) is 11.6 Å². The fraction of sp³-hybridized carbons (Fsp3) is 0.625. The molecule has 112 valence electrons. The zero-order valence-electron chi connectivity index (χ0n) is 12.5. The lowest BCUT2D eigenvalue weighted by Gasteiger charge is -2.43. The number of rotatable bonds is 5. The van der Waals surface area contributed by atoms with E-state index >= 15 is 0 Å². The molecule has 0 aliphatic heterocycles. The molecule has 20 heavy (non-hydrogen) atoms. The van der Waals surface area contributed by atoms with Crippen molar-refractivity contribution >= 4 is 0 Å². The molecule has 0 saturated heterocycles. The first-order valence-electron chi connectivity index (χ1n) is 7.28. The van der Waals surface area contributed by atoms with E-state index in [-0.39, 0.29) is 23.2 Å². The van der Waals surface area contributed by atoms with E-state index in [4.69, 9.17) is 0 Å². The summed E-state index contributed by atoms with van der Waals surface area (Å²) in [4.78, 5) is 2.25. The van der Waals surface area contributed by atoms with Gasteiger partial charge in [0.25, 0.3) is 0 Å². The molecule has 1 unspecified atom stereocenters. The zero-order valence-corrected chi connectivity index (χ0v) is 12.5. The second-order valence-electron chi connectivity index (χ2n) is 5.99. The predicted octanol–water partition coefficient (Wildman–Crippen LogP) is 2.97. The quantitative estimate of drug-likeness (QED) is 0.893. The molecule has 2 rings (SSSR count). The maximum absolute atomic E-state index is 13.9. The molecule has 0 radical (unpaired) electrons. The Balaban J connectivity index is 2.26. The van der Waals surface area contributed by atoms with Crippen LogP contribution in [0.3, 0.4) is 0 Å². The average molecular weight is 282 g/mol. The second-order valence-corrected chi connectivity index (χ2v) is 5.99. The molecule has 1 atom stereocenters. The molecule has 0 spiro atoms. The second kappa shape index (κ2) is 6.19. The van der Waals surface area contributed by atoms with Crippen molar-refractivity contribution in [2.75, 3.05) is 21.1 Å². The van der Waals surface area contributed by atoms with Crippen LogP contribution in [-0.4, -0.2) is 37.6 Å². The van der Waals surface area contributed by atoms with Crippen LogP contribution in [0, 0.1) is 11.6 Å². The number of hydrogen-bond acceptors (Lipinski definition) is 2. The first kappa shape index (κ1) is 15.4. The highest BCUT2D eigenvalue weighted by Crippen LogP contribution is 2.38. The van der Waals surface area contributed by atoms with E-state index in [1.54, 1.807) is 0 Å². The largest absolute Gasteiger partial charge is 0.315 e. The van der Waals surface area contributed by atoms with Crippen molar-refractivity contribution in [3.8, 4) is 0 Å². The van der Waals surface area contributed by atoms with Crippen molar-refractivity contribution in [3.63, 3.8) is 0 Å². The molecule has 1 aliphatic carbocycles. The van der Waals surface area contributed by atoms with E-state index in [9.17, 15) is 8.78 Å². The van der Waals surface area contributed by atoms with E-state index < -0.39 is 0 Å². The third-order valence-electron chi connectivity index (χ3n) is 4.79. The third kappa shape index (κ3) is 2.86. The molecule has 2 nitrogen and oxygen atoms in total. The Morgan fingerprint density at radius 2 is 1.90 bits per heavy atom. The van der Waals surface area contributed by atoms with Gasteiger partial charge in [-0.05, 0) is 64.2 Å². The highest BCUT2D eigenvalue weighted by Gasteiger charge is 2.42. The summed E-state index contributed by atoms with van der Waals surface area (Å²) in [6, 6.07) is 3.83. The minimum atomic E-state index is -0.374. The van der Waals surface area contributed by atoms with Crippen molar-refractivity contribution in [2.24, 2.45) is 0 Å². The van der Waals surface area contributed by atoms with Gasteiger partial charge in [0.1, 0.15) is 11.6 Å². The minimum absolute atomic E-state index is 0.0352. The molecule has 1 aliphatic rings. The Morgan fingerprint density at radius 3 is 2.45 bits per heavy atom. The van der Waals surface area contributed by atoms with E-state index in [1.807, 2.05) is 7.05 Å². The average Bonchev–Trinajstić information content (AvgIpc) is 2.90. The summed E-state index contributed by atoms with van der Waals surface area (Å²) in [6.45, 7) is 0. The molecule has 1 N–H and O–H groups in total. The molecule has 0 amide bonds. The monoisotopic (exact) mass is 282 g/mol. The number of halogens is 2. The Morgan fingerprint density at radius 1 is 1.25 bits per heavy atom. The lowest BCUT2D eigenvalue weighted by molar-refractivity contribution is 0.108. The molecule has 4 heteroatoms. The van der Waals surface area contributed by atoms with E-state index in [0.717, 1.165) is 12.8 Å². The summed E-state index contributed by atoms with van der Waals surface area (Å²) in [5.74, 6) is -0.694. The van der Waals surface area contributed by atoms with Gasteiger partial charge >= 0.3 is 0 Å². The summed E-state index contributed by atoms with van der Waals surface area (Å²) in [7, 11) is 6.07. The SMILES string of the molecule is CNC(Cc1cc(F)ccc1F)C1(N(C)C)CCCC1. The van der Waals surface area contributed by atoms with Gasteiger partial charge in [-0.3, -0.25) is 0 Å². The number of nitrogens with zero attached hydrogens (tertiary/aromatic N) is 1. The maximum atomic E-state index is 13.9. The van der Waals surface area contributed by atoms with Crippen molar-refractivity contribution < 1.29 is 8.78 Å². The molecule has 0 bridgehead atoms. The predicted molar refractivity (Wildman–Crippen MR) is 77.8 cm³/mol. The van der Waals surface area contributed by atoms with Crippen LogP contribution >= 0.6 is 0 Å². The van der Waals surface area contributed by atoms with Gasteiger partial charge in [-0.15, -0.1) is 0 Å². The maximum Gasteiger partial charge on any atom is 0.126 e. The molecule has 1 fully saturated rings. The molecule has 1 aromatic rings. The minimum Gasteiger partial charge on any atom is -0.315 e. The van der Waals surface area contributed by atoms with Crippen LogP contribution in [0.1, 0.15) is 31.2 Å². The van der Waals surface area contributed by atoms with Crippen LogP contribution in [0.2, 0.25) is 0 Å². The molecule has 0 heterocycles. The number of nitrogens with one attached hydrogen (secondary N) is 1. The van der Waals surface area contributed by atoms with E-state index in [2.05, 4.69) is 24.3 Å².